The van der Waals surface area contributed by atoms with Crippen LogP contribution in [0.4, 0.5) is 11.6 Å². The van der Waals surface area contributed by atoms with Crippen LogP contribution < -0.4 is 16.6 Å². The molecule has 0 aliphatic rings. The van der Waals surface area contributed by atoms with Crippen molar-refractivity contribution in [2.45, 2.75) is 26.3 Å². The van der Waals surface area contributed by atoms with Crippen molar-refractivity contribution in [1.29, 1.82) is 0 Å². The van der Waals surface area contributed by atoms with Gasteiger partial charge in [-0.1, -0.05) is 0 Å². The van der Waals surface area contributed by atoms with E-state index in [1.54, 1.807) is 6.07 Å². The highest BCUT2D eigenvalue weighted by Crippen LogP contribution is 2.06. The molecule has 1 aromatic heterocycles. The third-order valence-corrected chi connectivity index (χ3v) is 2.69. The van der Waals surface area contributed by atoms with Crippen molar-refractivity contribution in [2.24, 2.45) is 5.84 Å². The van der Waals surface area contributed by atoms with Crippen LogP contribution in [0.3, 0.4) is 0 Å². The molecule has 17 heavy (non-hydrogen) atoms. The molecule has 0 fully saturated rings. The number of rotatable bonds is 7. The Morgan fingerprint density at radius 2 is 2.06 bits per heavy atom. The molecule has 6 nitrogen and oxygen atoms in total. The normalized spacial score (nSPS) is 10.9. The van der Waals surface area contributed by atoms with E-state index in [0.29, 0.717) is 11.9 Å². The van der Waals surface area contributed by atoms with Crippen molar-refractivity contribution in [3.05, 3.63) is 12.4 Å². The van der Waals surface area contributed by atoms with E-state index in [1.807, 2.05) is 0 Å². The molecule has 0 bridgehead atoms. The van der Waals surface area contributed by atoms with Gasteiger partial charge in [0.2, 0.25) is 0 Å². The molecule has 0 amide bonds. The first kappa shape index (κ1) is 13.7. The summed E-state index contributed by atoms with van der Waals surface area (Å²) in [5, 5.41) is 3.24. The van der Waals surface area contributed by atoms with Gasteiger partial charge in [0.05, 0.1) is 0 Å². The van der Waals surface area contributed by atoms with Gasteiger partial charge in [-0.05, 0) is 33.9 Å². The molecule has 0 aliphatic heterocycles. The van der Waals surface area contributed by atoms with Gasteiger partial charge in [-0.2, -0.15) is 0 Å². The van der Waals surface area contributed by atoms with Crippen LogP contribution in [-0.2, 0) is 0 Å². The van der Waals surface area contributed by atoms with E-state index in [2.05, 4.69) is 46.5 Å². The maximum Gasteiger partial charge on any atom is 0.145 e. The van der Waals surface area contributed by atoms with Crippen molar-refractivity contribution < 1.29 is 0 Å². The SMILES string of the molecule is CC(C)N(C)CCCNc1cc(NN)ncn1. The molecule has 1 rings (SSSR count). The summed E-state index contributed by atoms with van der Waals surface area (Å²) in [6, 6.07) is 2.37. The highest BCUT2D eigenvalue weighted by molar-refractivity contribution is 5.45. The van der Waals surface area contributed by atoms with Crippen LogP contribution in [0.1, 0.15) is 20.3 Å². The van der Waals surface area contributed by atoms with Gasteiger partial charge >= 0.3 is 0 Å². The number of nitrogens with zero attached hydrogens (tertiary/aromatic N) is 3. The molecule has 0 unspecified atom stereocenters. The zero-order valence-corrected chi connectivity index (χ0v) is 10.8. The summed E-state index contributed by atoms with van der Waals surface area (Å²) in [6.07, 6.45) is 2.56. The molecule has 0 saturated heterocycles. The van der Waals surface area contributed by atoms with E-state index in [0.717, 1.165) is 25.3 Å². The van der Waals surface area contributed by atoms with Crippen molar-refractivity contribution in [2.75, 3.05) is 30.9 Å². The van der Waals surface area contributed by atoms with E-state index < -0.39 is 0 Å². The minimum atomic E-state index is 0.585. The third-order valence-electron chi connectivity index (χ3n) is 2.69. The summed E-state index contributed by atoms with van der Waals surface area (Å²) in [4.78, 5) is 10.4. The Balaban J connectivity index is 2.26. The van der Waals surface area contributed by atoms with E-state index in [1.165, 1.54) is 6.33 Å². The Bertz CT molecular complexity index is 327. The van der Waals surface area contributed by atoms with Crippen LogP contribution in [0, 0.1) is 0 Å². The average Bonchev–Trinajstić information content (AvgIpc) is 2.34. The summed E-state index contributed by atoms with van der Waals surface area (Å²) in [7, 11) is 2.13. The van der Waals surface area contributed by atoms with Crippen molar-refractivity contribution in [3.8, 4) is 0 Å². The van der Waals surface area contributed by atoms with Crippen LogP contribution >= 0.6 is 0 Å². The van der Waals surface area contributed by atoms with Crippen LogP contribution in [0.2, 0.25) is 0 Å². The zero-order valence-electron chi connectivity index (χ0n) is 10.8. The van der Waals surface area contributed by atoms with Gasteiger partial charge in [0.25, 0.3) is 0 Å². The van der Waals surface area contributed by atoms with Gasteiger partial charge in [-0.25, -0.2) is 15.8 Å². The molecule has 1 heterocycles. The second kappa shape index (κ2) is 7.03. The van der Waals surface area contributed by atoms with Crippen molar-refractivity contribution in [1.82, 2.24) is 14.9 Å². The van der Waals surface area contributed by atoms with Gasteiger partial charge in [-0.3, -0.25) is 0 Å². The van der Waals surface area contributed by atoms with E-state index in [4.69, 9.17) is 5.84 Å². The number of aromatic nitrogens is 2. The van der Waals surface area contributed by atoms with Gasteiger partial charge in [0.15, 0.2) is 0 Å². The third kappa shape index (κ3) is 4.97. The zero-order chi connectivity index (χ0) is 12.7. The predicted molar refractivity (Wildman–Crippen MR) is 70.7 cm³/mol. The summed E-state index contributed by atoms with van der Waals surface area (Å²) in [5.41, 5.74) is 2.49. The number of hydrogen-bond donors (Lipinski definition) is 3. The van der Waals surface area contributed by atoms with Crippen molar-refractivity contribution >= 4 is 11.6 Å². The fourth-order valence-corrected chi connectivity index (χ4v) is 1.34. The maximum absolute atomic E-state index is 5.27. The summed E-state index contributed by atoms with van der Waals surface area (Å²) in [6.45, 7) is 6.34. The minimum Gasteiger partial charge on any atom is -0.370 e. The minimum absolute atomic E-state index is 0.585. The molecular weight excluding hydrogens is 216 g/mol. The van der Waals surface area contributed by atoms with E-state index in [-0.39, 0.29) is 0 Å². The first-order valence-corrected chi connectivity index (χ1v) is 5.86. The molecule has 4 N–H and O–H groups in total. The smallest absolute Gasteiger partial charge is 0.145 e. The Hall–Kier alpha value is -1.40. The lowest BCUT2D eigenvalue weighted by molar-refractivity contribution is 0.273. The molecule has 0 spiro atoms. The Labute approximate surface area is 103 Å². The number of nitrogen functional groups attached to an aromatic ring is 1. The lowest BCUT2D eigenvalue weighted by Crippen LogP contribution is -2.28. The van der Waals surface area contributed by atoms with Gasteiger partial charge < -0.3 is 15.6 Å². The molecule has 0 aromatic carbocycles. The largest absolute Gasteiger partial charge is 0.370 e. The second-order valence-electron chi connectivity index (χ2n) is 4.29. The van der Waals surface area contributed by atoms with Gasteiger partial charge in [0, 0.05) is 18.7 Å². The number of hydrogen-bond acceptors (Lipinski definition) is 6. The fourth-order valence-electron chi connectivity index (χ4n) is 1.34. The molecule has 0 aliphatic carbocycles. The average molecular weight is 238 g/mol. The summed E-state index contributed by atoms with van der Waals surface area (Å²) >= 11 is 0. The highest BCUT2D eigenvalue weighted by Gasteiger charge is 2.02. The first-order valence-electron chi connectivity index (χ1n) is 5.86. The molecule has 6 heteroatoms. The molecule has 0 radical (unpaired) electrons. The molecule has 0 atom stereocenters. The summed E-state index contributed by atoms with van der Waals surface area (Å²) in [5.74, 6) is 6.68. The number of nitrogens with two attached hydrogens (primary N) is 1. The number of anilines is 2. The Morgan fingerprint density at radius 3 is 2.71 bits per heavy atom. The quantitative estimate of drug-likeness (QED) is 0.372. The lowest BCUT2D eigenvalue weighted by Gasteiger charge is -2.20. The predicted octanol–water partition coefficient (Wildman–Crippen LogP) is 0.904. The summed E-state index contributed by atoms with van der Waals surface area (Å²) < 4.78 is 0. The van der Waals surface area contributed by atoms with Gasteiger partial charge in [0.1, 0.15) is 18.0 Å². The Kier molecular flexibility index (Phi) is 5.65. The number of nitrogens with one attached hydrogen (secondary N) is 2. The van der Waals surface area contributed by atoms with Crippen LogP contribution in [-0.4, -0.2) is 41.0 Å². The second-order valence-corrected chi connectivity index (χ2v) is 4.29. The molecule has 96 valence electrons. The molecule has 0 saturated carbocycles. The lowest BCUT2D eigenvalue weighted by atomic mass is 10.3. The van der Waals surface area contributed by atoms with E-state index >= 15 is 0 Å². The molecular formula is C11H22N6. The van der Waals surface area contributed by atoms with Crippen LogP contribution in [0.15, 0.2) is 12.4 Å². The van der Waals surface area contributed by atoms with E-state index in [9.17, 15) is 0 Å². The Morgan fingerprint density at radius 1 is 1.35 bits per heavy atom. The maximum atomic E-state index is 5.27. The monoisotopic (exact) mass is 238 g/mol. The van der Waals surface area contributed by atoms with Gasteiger partial charge in [-0.15, -0.1) is 0 Å². The standard InChI is InChI=1S/C11H22N6/c1-9(2)17(3)6-4-5-13-10-7-11(16-12)15-8-14-10/h7-9H,4-6,12H2,1-3H3,(H2,13,14,15,16). The van der Waals surface area contributed by atoms with Crippen LogP contribution in [0.5, 0.6) is 0 Å². The fraction of sp³-hybridized carbons (Fsp3) is 0.636. The molecule has 1 aromatic rings. The highest BCUT2D eigenvalue weighted by atomic mass is 15.3. The van der Waals surface area contributed by atoms with Crippen LogP contribution in [0.25, 0.3) is 0 Å². The number of hydrazine groups is 1. The van der Waals surface area contributed by atoms with Crippen molar-refractivity contribution in [3.63, 3.8) is 0 Å². The topological polar surface area (TPSA) is 79.1 Å². The first-order chi connectivity index (χ1) is 8.13.